The van der Waals surface area contributed by atoms with Crippen molar-refractivity contribution in [3.63, 3.8) is 0 Å². The Kier molecular flexibility index (Phi) is 4.26. The fourth-order valence-electron chi connectivity index (χ4n) is 1.30. The van der Waals surface area contributed by atoms with Crippen LogP contribution in [0.15, 0.2) is 23.4 Å². The van der Waals surface area contributed by atoms with E-state index in [0.717, 1.165) is 0 Å². The number of rotatable bonds is 5. The molecule has 6 heteroatoms. The van der Waals surface area contributed by atoms with Crippen LogP contribution < -0.4 is 10.0 Å². The SMILES string of the molecule is CCNc1cccnc1S(=O)(=O)NC(C)C. The molecule has 0 aliphatic carbocycles. The maximum atomic E-state index is 11.9. The standard InChI is InChI=1S/C10H17N3O2S/c1-4-11-9-6-5-7-12-10(9)16(14,15)13-8(2)3/h5-8,11,13H,4H2,1-3H3. The van der Waals surface area contributed by atoms with Gasteiger partial charge in [0.25, 0.3) is 10.0 Å². The van der Waals surface area contributed by atoms with Gasteiger partial charge in [-0.1, -0.05) is 0 Å². The van der Waals surface area contributed by atoms with Crippen LogP contribution in [0, 0.1) is 0 Å². The van der Waals surface area contributed by atoms with E-state index in [1.807, 2.05) is 6.92 Å². The number of sulfonamides is 1. The summed E-state index contributed by atoms with van der Waals surface area (Å²) in [6.07, 6.45) is 1.47. The third-order valence-electron chi connectivity index (χ3n) is 1.78. The number of hydrogen-bond acceptors (Lipinski definition) is 4. The Bertz CT molecular complexity index is 443. The molecular weight excluding hydrogens is 226 g/mol. The van der Waals surface area contributed by atoms with Gasteiger partial charge in [0.1, 0.15) is 0 Å². The van der Waals surface area contributed by atoms with Gasteiger partial charge in [-0.25, -0.2) is 18.1 Å². The number of anilines is 1. The van der Waals surface area contributed by atoms with Crippen molar-refractivity contribution < 1.29 is 8.42 Å². The summed E-state index contributed by atoms with van der Waals surface area (Å²) in [7, 11) is -3.54. The summed E-state index contributed by atoms with van der Waals surface area (Å²) in [5, 5.41) is 3.02. The number of nitrogens with one attached hydrogen (secondary N) is 2. The second-order valence-electron chi connectivity index (χ2n) is 3.66. The molecule has 90 valence electrons. The van der Waals surface area contributed by atoms with Crippen molar-refractivity contribution in [1.29, 1.82) is 0 Å². The van der Waals surface area contributed by atoms with Gasteiger partial charge in [-0.15, -0.1) is 0 Å². The Hall–Kier alpha value is -1.14. The Morgan fingerprint density at radius 3 is 2.69 bits per heavy atom. The molecule has 0 aliphatic rings. The molecule has 1 aromatic heterocycles. The van der Waals surface area contributed by atoms with E-state index in [0.29, 0.717) is 12.2 Å². The lowest BCUT2D eigenvalue weighted by Crippen LogP contribution is -2.31. The second kappa shape index (κ2) is 5.27. The molecule has 0 aromatic carbocycles. The minimum Gasteiger partial charge on any atom is -0.383 e. The molecule has 0 unspecified atom stereocenters. The number of pyridine rings is 1. The van der Waals surface area contributed by atoms with Crippen LogP contribution in [0.25, 0.3) is 0 Å². The topological polar surface area (TPSA) is 71.1 Å². The molecule has 2 N–H and O–H groups in total. The molecular formula is C10H17N3O2S. The smallest absolute Gasteiger partial charge is 0.260 e. The van der Waals surface area contributed by atoms with Gasteiger partial charge < -0.3 is 5.32 Å². The van der Waals surface area contributed by atoms with E-state index < -0.39 is 10.0 Å². The molecule has 5 nitrogen and oxygen atoms in total. The summed E-state index contributed by atoms with van der Waals surface area (Å²) >= 11 is 0. The number of aromatic nitrogens is 1. The average Bonchev–Trinajstić information content (AvgIpc) is 2.17. The van der Waals surface area contributed by atoms with Crippen LogP contribution in [0.4, 0.5) is 5.69 Å². The quantitative estimate of drug-likeness (QED) is 0.815. The maximum absolute atomic E-state index is 11.9. The van der Waals surface area contributed by atoms with Gasteiger partial charge in [-0.2, -0.15) is 0 Å². The second-order valence-corrected chi connectivity index (χ2v) is 5.29. The van der Waals surface area contributed by atoms with Crippen molar-refractivity contribution in [2.24, 2.45) is 0 Å². The zero-order valence-corrected chi connectivity index (χ0v) is 10.5. The van der Waals surface area contributed by atoms with Gasteiger partial charge in [0, 0.05) is 18.8 Å². The zero-order chi connectivity index (χ0) is 12.2. The fourth-order valence-corrected chi connectivity index (χ4v) is 2.66. The summed E-state index contributed by atoms with van der Waals surface area (Å²) < 4.78 is 26.4. The van der Waals surface area contributed by atoms with E-state index in [9.17, 15) is 8.42 Å². The zero-order valence-electron chi connectivity index (χ0n) is 9.69. The van der Waals surface area contributed by atoms with Crippen LogP contribution >= 0.6 is 0 Å². The van der Waals surface area contributed by atoms with Gasteiger partial charge in [-0.3, -0.25) is 0 Å². The van der Waals surface area contributed by atoms with Gasteiger partial charge in [0.15, 0.2) is 5.03 Å². The van der Waals surface area contributed by atoms with Crippen molar-refractivity contribution in [1.82, 2.24) is 9.71 Å². The van der Waals surface area contributed by atoms with E-state index in [4.69, 9.17) is 0 Å². The third-order valence-corrected chi connectivity index (χ3v) is 3.40. The summed E-state index contributed by atoms with van der Waals surface area (Å²) in [5.74, 6) is 0. The average molecular weight is 243 g/mol. The van der Waals surface area contributed by atoms with E-state index in [2.05, 4.69) is 15.0 Å². The highest BCUT2D eigenvalue weighted by Gasteiger charge is 2.20. The van der Waals surface area contributed by atoms with Crippen LogP contribution in [0.5, 0.6) is 0 Å². The fraction of sp³-hybridized carbons (Fsp3) is 0.500. The van der Waals surface area contributed by atoms with Gasteiger partial charge in [0.05, 0.1) is 5.69 Å². The minimum atomic E-state index is -3.54. The highest BCUT2D eigenvalue weighted by molar-refractivity contribution is 7.89. The largest absolute Gasteiger partial charge is 0.383 e. The minimum absolute atomic E-state index is 0.0468. The van der Waals surface area contributed by atoms with Gasteiger partial charge in [-0.05, 0) is 32.9 Å². The lowest BCUT2D eigenvalue weighted by molar-refractivity contribution is 0.566. The van der Waals surface area contributed by atoms with Gasteiger partial charge >= 0.3 is 0 Å². The Balaban J connectivity index is 3.11. The molecule has 0 radical (unpaired) electrons. The Morgan fingerprint density at radius 2 is 2.12 bits per heavy atom. The van der Waals surface area contributed by atoms with Crippen LogP contribution in [-0.2, 0) is 10.0 Å². The molecule has 0 saturated carbocycles. The summed E-state index contributed by atoms with van der Waals surface area (Å²) in [4.78, 5) is 3.91. The highest BCUT2D eigenvalue weighted by Crippen LogP contribution is 2.17. The molecule has 1 aromatic rings. The maximum Gasteiger partial charge on any atom is 0.260 e. The summed E-state index contributed by atoms with van der Waals surface area (Å²) in [5.41, 5.74) is 0.526. The molecule has 0 amide bonds. The first-order chi connectivity index (χ1) is 7.47. The molecule has 0 atom stereocenters. The van der Waals surface area contributed by atoms with Crippen LogP contribution in [0.1, 0.15) is 20.8 Å². The lowest BCUT2D eigenvalue weighted by atomic mass is 10.4. The van der Waals surface area contributed by atoms with E-state index in [-0.39, 0.29) is 11.1 Å². The molecule has 0 fully saturated rings. The predicted octanol–water partition coefficient (Wildman–Crippen LogP) is 1.20. The molecule has 0 spiro atoms. The first-order valence-corrected chi connectivity index (χ1v) is 6.67. The van der Waals surface area contributed by atoms with Crippen molar-refractivity contribution >= 4 is 15.7 Å². The molecule has 0 aliphatic heterocycles. The van der Waals surface area contributed by atoms with Crippen LogP contribution in [0.3, 0.4) is 0 Å². The van der Waals surface area contributed by atoms with Crippen molar-refractivity contribution in [2.45, 2.75) is 31.8 Å². The van der Waals surface area contributed by atoms with Crippen molar-refractivity contribution in [3.05, 3.63) is 18.3 Å². The van der Waals surface area contributed by atoms with E-state index >= 15 is 0 Å². The third kappa shape index (κ3) is 3.18. The van der Waals surface area contributed by atoms with Crippen LogP contribution in [-0.4, -0.2) is 26.0 Å². The molecule has 0 saturated heterocycles. The molecule has 0 bridgehead atoms. The first-order valence-electron chi connectivity index (χ1n) is 5.18. The van der Waals surface area contributed by atoms with E-state index in [1.165, 1.54) is 6.20 Å². The first kappa shape index (κ1) is 12.9. The van der Waals surface area contributed by atoms with Gasteiger partial charge in [0.2, 0.25) is 0 Å². The number of hydrogen-bond donors (Lipinski definition) is 2. The molecule has 16 heavy (non-hydrogen) atoms. The van der Waals surface area contributed by atoms with Crippen molar-refractivity contribution in [2.75, 3.05) is 11.9 Å². The van der Waals surface area contributed by atoms with Crippen molar-refractivity contribution in [3.8, 4) is 0 Å². The normalized spacial score (nSPS) is 11.8. The lowest BCUT2D eigenvalue weighted by Gasteiger charge is -2.12. The van der Waals surface area contributed by atoms with E-state index in [1.54, 1.807) is 26.0 Å². The molecule has 1 heterocycles. The summed E-state index contributed by atoms with van der Waals surface area (Å²) in [6.45, 7) is 6.09. The monoisotopic (exact) mass is 243 g/mol. The Morgan fingerprint density at radius 1 is 1.44 bits per heavy atom. The Labute approximate surface area is 96.3 Å². The number of nitrogens with zero attached hydrogens (tertiary/aromatic N) is 1. The summed E-state index contributed by atoms with van der Waals surface area (Å²) in [6, 6.07) is 3.25. The molecule has 1 rings (SSSR count). The highest BCUT2D eigenvalue weighted by atomic mass is 32.2. The predicted molar refractivity (Wildman–Crippen MR) is 63.9 cm³/mol. The van der Waals surface area contributed by atoms with Crippen LogP contribution in [0.2, 0.25) is 0 Å².